The van der Waals surface area contributed by atoms with Gasteiger partial charge in [-0.1, -0.05) is 6.07 Å². The molecule has 1 saturated carbocycles. The molecule has 2 atom stereocenters. The van der Waals surface area contributed by atoms with Gasteiger partial charge in [0, 0.05) is 49.2 Å². The fourth-order valence-corrected chi connectivity index (χ4v) is 7.90. The minimum absolute atomic E-state index is 0.208. The van der Waals surface area contributed by atoms with Crippen molar-refractivity contribution in [3.05, 3.63) is 36.3 Å². The minimum Gasteiger partial charge on any atom is -0.376 e. The highest BCUT2D eigenvalue weighted by Gasteiger charge is 2.58. The van der Waals surface area contributed by atoms with Gasteiger partial charge in [0.1, 0.15) is 10.7 Å². The first kappa shape index (κ1) is 20.0. The van der Waals surface area contributed by atoms with E-state index >= 15 is 0 Å². The van der Waals surface area contributed by atoms with E-state index in [1.54, 1.807) is 18.3 Å². The van der Waals surface area contributed by atoms with Crippen molar-refractivity contribution in [3.63, 3.8) is 0 Å². The average molecular weight is 446 g/mol. The van der Waals surface area contributed by atoms with Gasteiger partial charge >= 0.3 is 0 Å². The van der Waals surface area contributed by atoms with E-state index in [-0.39, 0.29) is 10.3 Å². The van der Waals surface area contributed by atoms with Crippen molar-refractivity contribution in [2.45, 2.75) is 43.1 Å². The van der Waals surface area contributed by atoms with E-state index in [1.165, 1.54) is 22.9 Å². The lowest BCUT2D eigenvalue weighted by atomic mass is 9.67. The van der Waals surface area contributed by atoms with E-state index in [9.17, 15) is 12.8 Å². The molecule has 3 saturated heterocycles. The maximum Gasteiger partial charge on any atom is 0.246 e. The summed E-state index contributed by atoms with van der Waals surface area (Å²) in [6, 6.07) is 6.13. The second-order valence-electron chi connectivity index (χ2n) is 10.1. The van der Waals surface area contributed by atoms with Crippen LogP contribution >= 0.6 is 0 Å². The van der Waals surface area contributed by atoms with Crippen LogP contribution in [0.25, 0.3) is 10.9 Å². The van der Waals surface area contributed by atoms with Gasteiger partial charge < -0.3 is 10.1 Å². The molecular formula is C23H28FN3O3S. The SMILES string of the molecule is O=S(=O)(c1cc2cccnc2cc1F)N1CCC2(CCC(C3OCC34CNC4)C2)CC1. The second kappa shape index (κ2) is 6.94. The minimum atomic E-state index is -3.87. The molecule has 2 aromatic rings. The highest BCUT2D eigenvalue weighted by Crippen LogP contribution is 2.55. The molecular weight excluding hydrogens is 417 g/mol. The van der Waals surface area contributed by atoms with Gasteiger partial charge in [-0.05, 0) is 55.6 Å². The van der Waals surface area contributed by atoms with E-state index in [1.807, 2.05) is 0 Å². The number of benzene rings is 1. The predicted molar refractivity (Wildman–Crippen MR) is 115 cm³/mol. The van der Waals surface area contributed by atoms with E-state index < -0.39 is 15.8 Å². The number of piperidine rings is 1. The third kappa shape index (κ3) is 3.06. The Labute approximate surface area is 182 Å². The number of sulfonamides is 1. The molecule has 6 nitrogen and oxygen atoms in total. The molecule has 0 radical (unpaired) electrons. The zero-order valence-electron chi connectivity index (χ0n) is 17.5. The number of ether oxygens (including phenoxy) is 1. The van der Waals surface area contributed by atoms with Crippen LogP contribution in [0.2, 0.25) is 0 Å². The number of fused-ring (bicyclic) bond motifs is 1. The third-order valence-electron chi connectivity index (χ3n) is 8.33. The topological polar surface area (TPSA) is 71.5 Å². The predicted octanol–water partition coefficient (Wildman–Crippen LogP) is 2.93. The Morgan fingerprint density at radius 2 is 2.00 bits per heavy atom. The first-order valence-corrected chi connectivity index (χ1v) is 12.7. The number of hydrogen-bond donors (Lipinski definition) is 1. The number of nitrogens with zero attached hydrogens (tertiary/aromatic N) is 2. The molecule has 3 aliphatic heterocycles. The molecule has 0 amide bonds. The van der Waals surface area contributed by atoms with Gasteiger partial charge in [0.2, 0.25) is 10.0 Å². The van der Waals surface area contributed by atoms with E-state index in [2.05, 4.69) is 10.3 Å². The molecule has 4 heterocycles. The standard InChI is InChI=1S/C23H28FN3O3S/c24-18-11-19-16(2-1-7-26-19)10-20(18)31(28,29)27-8-5-22(6-9-27)4-3-17(12-22)21-23(15-30-21)13-25-14-23/h1-2,7,10-11,17,21,25H,3-6,8-9,12-15H2. The van der Waals surface area contributed by atoms with Crippen LogP contribution in [-0.4, -0.2) is 56.6 Å². The van der Waals surface area contributed by atoms with E-state index in [0.29, 0.717) is 41.4 Å². The van der Waals surface area contributed by atoms with Gasteiger partial charge in [0.15, 0.2) is 0 Å². The van der Waals surface area contributed by atoms with Crippen molar-refractivity contribution in [2.75, 3.05) is 32.8 Å². The Bertz CT molecular complexity index is 1120. The van der Waals surface area contributed by atoms with E-state index in [0.717, 1.165) is 45.4 Å². The summed E-state index contributed by atoms with van der Waals surface area (Å²) in [7, 11) is -3.87. The highest BCUT2D eigenvalue weighted by molar-refractivity contribution is 7.89. The van der Waals surface area contributed by atoms with Crippen LogP contribution in [0.15, 0.2) is 35.4 Å². The lowest BCUT2D eigenvalue weighted by Crippen LogP contribution is -2.71. The van der Waals surface area contributed by atoms with Crippen molar-refractivity contribution in [3.8, 4) is 0 Å². The summed E-state index contributed by atoms with van der Waals surface area (Å²) in [5, 5.41) is 4.03. The zero-order chi connectivity index (χ0) is 21.3. The van der Waals surface area contributed by atoms with Crippen molar-refractivity contribution < 1.29 is 17.5 Å². The Kier molecular flexibility index (Phi) is 4.49. The summed E-state index contributed by atoms with van der Waals surface area (Å²) in [6.07, 6.45) is 7.08. The monoisotopic (exact) mass is 445 g/mol. The molecule has 31 heavy (non-hydrogen) atoms. The van der Waals surface area contributed by atoms with Crippen molar-refractivity contribution in [1.82, 2.24) is 14.6 Å². The fourth-order valence-electron chi connectivity index (χ4n) is 6.38. The van der Waals surface area contributed by atoms with Crippen LogP contribution in [0.1, 0.15) is 32.1 Å². The molecule has 1 aromatic carbocycles. The average Bonchev–Trinajstić information content (AvgIpc) is 3.08. The van der Waals surface area contributed by atoms with E-state index in [4.69, 9.17) is 4.74 Å². The number of pyridine rings is 1. The Morgan fingerprint density at radius 3 is 2.68 bits per heavy atom. The van der Waals surface area contributed by atoms with Gasteiger partial charge in [0.25, 0.3) is 0 Å². The first-order chi connectivity index (χ1) is 14.9. The van der Waals surface area contributed by atoms with Gasteiger partial charge in [0.05, 0.1) is 18.2 Å². The number of aromatic nitrogens is 1. The molecule has 4 aliphatic rings. The molecule has 6 rings (SSSR count). The largest absolute Gasteiger partial charge is 0.376 e. The fraction of sp³-hybridized carbons (Fsp3) is 0.609. The molecule has 2 unspecified atom stereocenters. The number of nitrogens with one attached hydrogen (secondary N) is 1. The van der Waals surface area contributed by atoms with Gasteiger partial charge in [-0.15, -0.1) is 0 Å². The molecule has 166 valence electrons. The quantitative estimate of drug-likeness (QED) is 0.787. The lowest BCUT2D eigenvalue weighted by molar-refractivity contribution is -0.230. The summed E-state index contributed by atoms with van der Waals surface area (Å²) in [4.78, 5) is 3.88. The molecule has 1 aromatic heterocycles. The molecule has 1 N–H and O–H groups in total. The maximum absolute atomic E-state index is 14.7. The van der Waals surface area contributed by atoms with Crippen LogP contribution < -0.4 is 5.32 Å². The summed E-state index contributed by atoms with van der Waals surface area (Å²) < 4.78 is 48.7. The smallest absolute Gasteiger partial charge is 0.246 e. The number of rotatable bonds is 3. The van der Waals surface area contributed by atoms with Crippen LogP contribution in [0.5, 0.6) is 0 Å². The maximum atomic E-state index is 14.7. The second-order valence-corrected chi connectivity index (χ2v) is 12.0. The first-order valence-electron chi connectivity index (χ1n) is 11.3. The molecule has 2 spiro atoms. The van der Waals surface area contributed by atoms with Crippen molar-refractivity contribution in [2.24, 2.45) is 16.7 Å². The number of halogens is 1. The summed E-state index contributed by atoms with van der Waals surface area (Å²) in [6.45, 7) is 3.93. The number of hydrogen-bond acceptors (Lipinski definition) is 5. The van der Waals surface area contributed by atoms with Crippen LogP contribution in [0.3, 0.4) is 0 Å². The van der Waals surface area contributed by atoms with Crippen molar-refractivity contribution in [1.29, 1.82) is 0 Å². The summed E-state index contributed by atoms with van der Waals surface area (Å²) >= 11 is 0. The highest BCUT2D eigenvalue weighted by atomic mass is 32.2. The Hall–Kier alpha value is -1.61. The van der Waals surface area contributed by atoms with Gasteiger partial charge in [-0.25, -0.2) is 12.8 Å². The summed E-state index contributed by atoms with van der Waals surface area (Å²) in [5.41, 5.74) is 1.04. The normalized spacial score (nSPS) is 29.8. The van der Waals surface area contributed by atoms with Crippen LogP contribution in [0, 0.1) is 22.6 Å². The molecule has 4 fully saturated rings. The molecule has 8 heteroatoms. The van der Waals surface area contributed by atoms with Crippen LogP contribution in [0.4, 0.5) is 4.39 Å². The molecule has 0 bridgehead atoms. The zero-order valence-corrected chi connectivity index (χ0v) is 18.3. The summed E-state index contributed by atoms with van der Waals surface area (Å²) in [5.74, 6) is -0.140. The lowest BCUT2D eigenvalue weighted by Gasteiger charge is -2.57. The third-order valence-corrected chi connectivity index (χ3v) is 10.2. The van der Waals surface area contributed by atoms with Crippen LogP contribution in [-0.2, 0) is 14.8 Å². The van der Waals surface area contributed by atoms with Gasteiger partial charge in [-0.2, -0.15) is 4.31 Å². The Morgan fingerprint density at radius 1 is 1.19 bits per heavy atom. The van der Waals surface area contributed by atoms with Gasteiger partial charge in [-0.3, -0.25) is 4.98 Å². The Balaban J connectivity index is 1.17. The molecule has 1 aliphatic carbocycles. The van der Waals surface area contributed by atoms with Crippen molar-refractivity contribution >= 4 is 20.9 Å².